The van der Waals surface area contributed by atoms with E-state index in [0.717, 1.165) is 6.42 Å². The molecule has 0 aliphatic carbocycles. The van der Waals surface area contributed by atoms with E-state index in [4.69, 9.17) is 12.2 Å². The van der Waals surface area contributed by atoms with E-state index < -0.39 is 10.0 Å². The number of aromatic nitrogens is 1. The average molecular weight is 303 g/mol. The van der Waals surface area contributed by atoms with Gasteiger partial charge in [0.05, 0.1) is 5.52 Å². The zero-order chi connectivity index (χ0) is 15.3. The molecule has 0 aliphatic heterocycles. The lowest BCUT2D eigenvalue weighted by Gasteiger charge is -2.10. The minimum absolute atomic E-state index is 0.143. The van der Waals surface area contributed by atoms with Crippen molar-refractivity contribution in [1.29, 1.82) is 0 Å². The third-order valence-corrected chi connectivity index (χ3v) is 4.59. The summed E-state index contributed by atoms with van der Waals surface area (Å²) in [5.41, 5.74) is 6.74. The molecular formula is C15H17N3O2S. The van der Waals surface area contributed by atoms with Crippen LogP contribution in [0.25, 0.3) is 10.9 Å². The lowest BCUT2D eigenvalue weighted by molar-refractivity contribution is 0.578. The minimum Gasteiger partial charge on any atom is -0.398 e. The van der Waals surface area contributed by atoms with Gasteiger partial charge in [-0.05, 0) is 37.1 Å². The molecule has 3 N–H and O–H groups in total. The highest BCUT2D eigenvalue weighted by Crippen LogP contribution is 2.25. The summed E-state index contributed by atoms with van der Waals surface area (Å²) in [5, 5.41) is 0.632. The SMILES string of the molecule is C#CCCCCNS(=O)(=O)c1ccc(N)c2cccnc12. The maximum atomic E-state index is 12.4. The Morgan fingerprint density at radius 2 is 2.10 bits per heavy atom. The van der Waals surface area contributed by atoms with E-state index in [1.807, 2.05) is 0 Å². The molecule has 0 atom stereocenters. The van der Waals surface area contributed by atoms with Crippen LogP contribution in [0.3, 0.4) is 0 Å². The van der Waals surface area contributed by atoms with E-state index >= 15 is 0 Å². The predicted molar refractivity (Wildman–Crippen MR) is 84.0 cm³/mol. The molecular weight excluding hydrogens is 286 g/mol. The number of nitrogens with one attached hydrogen (secondary N) is 1. The van der Waals surface area contributed by atoms with Crippen LogP contribution in [0.15, 0.2) is 35.4 Å². The van der Waals surface area contributed by atoms with Gasteiger partial charge in [0.15, 0.2) is 0 Å². The zero-order valence-electron chi connectivity index (χ0n) is 11.5. The summed E-state index contributed by atoms with van der Waals surface area (Å²) in [6.07, 6.45) is 8.84. The Labute approximate surface area is 124 Å². The lowest BCUT2D eigenvalue weighted by atomic mass is 10.2. The molecule has 110 valence electrons. The van der Waals surface area contributed by atoms with Crippen LogP contribution in [0.1, 0.15) is 19.3 Å². The van der Waals surface area contributed by atoms with Gasteiger partial charge in [0.1, 0.15) is 4.90 Å². The van der Waals surface area contributed by atoms with Crippen LogP contribution in [-0.4, -0.2) is 19.9 Å². The molecule has 0 bridgehead atoms. The topological polar surface area (TPSA) is 85.1 Å². The Morgan fingerprint density at radius 3 is 2.86 bits per heavy atom. The summed E-state index contributed by atoms with van der Waals surface area (Å²) in [6.45, 7) is 0.350. The molecule has 1 aromatic heterocycles. The van der Waals surface area contributed by atoms with Crippen molar-refractivity contribution in [2.24, 2.45) is 0 Å². The average Bonchev–Trinajstić information content (AvgIpc) is 2.47. The van der Waals surface area contributed by atoms with Crippen molar-refractivity contribution in [2.75, 3.05) is 12.3 Å². The summed E-state index contributed by atoms with van der Waals surface area (Å²) in [5.74, 6) is 2.53. The minimum atomic E-state index is -3.61. The summed E-state index contributed by atoms with van der Waals surface area (Å²) >= 11 is 0. The van der Waals surface area contributed by atoms with Crippen LogP contribution in [0.2, 0.25) is 0 Å². The predicted octanol–water partition coefficient (Wildman–Crippen LogP) is 1.90. The molecule has 0 spiro atoms. The van der Waals surface area contributed by atoms with Gasteiger partial charge >= 0.3 is 0 Å². The van der Waals surface area contributed by atoms with Crippen molar-refractivity contribution in [3.8, 4) is 12.3 Å². The first kappa shape index (κ1) is 15.3. The van der Waals surface area contributed by atoms with Crippen LogP contribution in [-0.2, 0) is 10.0 Å². The highest BCUT2D eigenvalue weighted by molar-refractivity contribution is 7.89. The van der Waals surface area contributed by atoms with Gasteiger partial charge in [-0.3, -0.25) is 4.98 Å². The standard InChI is InChI=1S/C15H17N3O2S/c1-2-3-4-5-11-18-21(19,20)14-9-8-13(16)12-7-6-10-17-15(12)14/h1,6-10,18H,3-5,11,16H2. The summed E-state index contributed by atoms with van der Waals surface area (Å²) in [4.78, 5) is 4.28. The third-order valence-electron chi connectivity index (χ3n) is 3.10. The highest BCUT2D eigenvalue weighted by atomic mass is 32.2. The molecule has 0 saturated heterocycles. The van der Waals surface area contributed by atoms with E-state index in [1.54, 1.807) is 24.4 Å². The highest BCUT2D eigenvalue weighted by Gasteiger charge is 2.18. The van der Waals surface area contributed by atoms with Gasteiger partial charge in [0.25, 0.3) is 0 Å². The smallest absolute Gasteiger partial charge is 0.242 e. The molecule has 6 heteroatoms. The van der Waals surface area contributed by atoms with Gasteiger partial charge in [-0.2, -0.15) is 0 Å². The Balaban J connectivity index is 2.25. The number of hydrogen-bond donors (Lipinski definition) is 2. The Kier molecular flexibility index (Phi) is 4.78. The molecule has 2 aromatic rings. The number of nitrogen functional groups attached to an aromatic ring is 1. The first-order chi connectivity index (χ1) is 10.1. The second kappa shape index (κ2) is 6.57. The fraction of sp³-hybridized carbons (Fsp3) is 0.267. The second-order valence-electron chi connectivity index (χ2n) is 4.61. The van der Waals surface area contributed by atoms with Crippen molar-refractivity contribution in [1.82, 2.24) is 9.71 Å². The molecule has 0 unspecified atom stereocenters. The number of pyridine rings is 1. The number of anilines is 1. The molecule has 0 fully saturated rings. The summed E-state index contributed by atoms with van der Waals surface area (Å²) in [6, 6.07) is 6.54. The Hall–Kier alpha value is -2.10. The largest absolute Gasteiger partial charge is 0.398 e. The molecule has 0 saturated carbocycles. The number of nitrogens with zero attached hydrogens (tertiary/aromatic N) is 1. The van der Waals surface area contributed by atoms with Gasteiger partial charge in [-0.25, -0.2) is 13.1 Å². The maximum absolute atomic E-state index is 12.4. The summed E-state index contributed by atoms with van der Waals surface area (Å²) < 4.78 is 27.3. The zero-order valence-corrected chi connectivity index (χ0v) is 12.4. The van der Waals surface area contributed by atoms with Gasteiger partial charge < -0.3 is 5.73 Å². The quantitative estimate of drug-likeness (QED) is 0.485. The third kappa shape index (κ3) is 3.51. The number of benzene rings is 1. The monoisotopic (exact) mass is 303 g/mol. The number of hydrogen-bond acceptors (Lipinski definition) is 4. The molecule has 0 radical (unpaired) electrons. The molecule has 1 aromatic carbocycles. The fourth-order valence-electron chi connectivity index (χ4n) is 2.02. The number of nitrogens with two attached hydrogens (primary N) is 1. The normalized spacial score (nSPS) is 11.4. The van der Waals surface area contributed by atoms with Crippen LogP contribution in [0.4, 0.5) is 5.69 Å². The van der Waals surface area contributed by atoms with Crippen molar-refractivity contribution < 1.29 is 8.42 Å². The van der Waals surface area contributed by atoms with E-state index in [1.165, 1.54) is 6.07 Å². The molecule has 5 nitrogen and oxygen atoms in total. The van der Waals surface area contributed by atoms with Crippen LogP contribution < -0.4 is 10.5 Å². The fourth-order valence-corrected chi connectivity index (χ4v) is 3.25. The van der Waals surface area contributed by atoms with E-state index in [0.29, 0.717) is 36.0 Å². The Bertz CT molecular complexity index is 779. The second-order valence-corrected chi connectivity index (χ2v) is 6.35. The maximum Gasteiger partial charge on any atom is 0.242 e. The van der Waals surface area contributed by atoms with Gasteiger partial charge in [-0.15, -0.1) is 12.3 Å². The number of rotatable bonds is 6. The van der Waals surface area contributed by atoms with Crippen LogP contribution in [0.5, 0.6) is 0 Å². The Morgan fingerprint density at radius 1 is 1.29 bits per heavy atom. The van der Waals surface area contributed by atoms with Crippen LogP contribution >= 0.6 is 0 Å². The van der Waals surface area contributed by atoms with Crippen molar-refractivity contribution in [3.05, 3.63) is 30.5 Å². The van der Waals surface area contributed by atoms with E-state index in [-0.39, 0.29) is 4.90 Å². The van der Waals surface area contributed by atoms with Gasteiger partial charge in [0.2, 0.25) is 10.0 Å². The van der Waals surface area contributed by atoms with E-state index in [2.05, 4.69) is 15.6 Å². The van der Waals surface area contributed by atoms with Crippen LogP contribution in [0, 0.1) is 12.3 Å². The first-order valence-corrected chi connectivity index (χ1v) is 8.11. The number of fused-ring (bicyclic) bond motifs is 1. The number of terminal acetylenes is 1. The first-order valence-electron chi connectivity index (χ1n) is 6.62. The van der Waals surface area contributed by atoms with Crippen molar-refractivity contribution >= 4 is 26.6 Å². The van der Waals surface area contributed by atoms with Crippen molar-refractivity contribution in [2.45, 2.75) is 24.2 Å². The van der Waals surface area contributed by atoms with Gasteiger partial charge in [-0.1, -0.05) is 0 Å². The number of unbranched alkanes of at least 4 members (excludes halogenated alkanes) is 2. The molecule has 21 heavy (non-hydrogen) atoms. The molecule has 0 aliphatic rings. The molecule has 2 rings (SSSR count). The molecule has 1 heterocycles. The molecule has 0 amide bonds. The summed E-state index contributed by atoms with van der Waals surface area (Å²) in [7, 11) is -3.61. The lowest BCUT2D eigenvalue weighted by Crippen LogP contribution is -2.25. The van der Waals surface area contributed by atoms with E-state index in [9.17, 15) is 8.42 Å². The van der Waals surface area contributed by atoms with Crippen molar-refractivity contribution in [3.63, 3.8) is 0 Å². The van der Waals surface area contributed by atoms with Gasteiger partial charge in [0, 0.05) is 30.2 Å². The number of sulfonamides is 1.